The third-order valence-electron chi connectivity index (χ3n) is 6.55. The topological polar surface area (TPSA) is 154 Å². The third-order valence-corrected chi connectivity index (χ3v) is 7.06. The van der Waals surface area contributed by atoms with Crippen LogP contribution in [0.15, 0.2) is 95.1 Å². The maximum absolute atomic E-state index is 12.4. The molecule has 0 radical (unpaired) electrons. The van der Waals surface area contributed by atoms with E-state index in [4.69, 9.17) is 42.1 Å². The summed E-state index contributed by atoms with van der Waals surface area (Å²) in [7, 11) is 2.86. The van der Waals surface area contributed by atoms with Crippen LogP contribution in [0.4, 0.5) is 0 Å². The molecule has 0 spiro atoms. The van der Waals surface area contributed by atoms with E-state index in [9.17, 15) is 19.2 Å². The molecule has 0 fully saturated rings. The summed E-state index contributed by atoms with van der Waals surface area (Å²) in [5.41, 5.74) is 6.61. The predicted molar refractivity (Wildman–Crippen MR) is 184 cm³/mol. The van der Waals surface area contributed by atoms with E-state index in [0.717, 1.165) is 0 Å². The van der Waals surface area contributed by atoms with Crippen LogP contribution in [0, 0.1) is 0 Å². The van der Waals surface area contributed by atoms with Gasteiger partial charge in [-0.2, -0.15) is 10.2 Å². The number of hydrogen-bond acceptors (Lipinski definition) is 10. The lowest BCUT2D eigenvalue weighted by molar-refractivity contribution is -0.122. The Morgan fingerprint density at radius 1 is 0.592 bits per heavy atom. The smallest absolute Gasteiger partial charge is 0.343 e. The zero-order valence-corrected chi connectivity index (χ0v) is 27.8. The molecule has 14 heteroatoms. The lowest BCUT2D eigenvalue weighted by atomic mass is 10.2. The van der Waals surface area contributed by atoms with Crippen LogP contribution in [0.25, 0.3) is 0 Å². The average molecular weight is 706 g/mol. The molecule has 0 saturated carbocycles. The maximum Gasteiger partial charge on any atom is 0.343 e. The number of hydrogen-bond donors (Lipinski definition) is 2. The Morgan fingerprint density at radius 3 is 1.35 bits per heavy atom. The molecule has 4 aromatic rings. The van der Waals surface area contributed by atoms with Gasteiger partial charge in [0.2, 0.25) is 11.8 Å². The van der Waals surface area contributed by atoms with Crippen LogP contribution >= 0.6 is 23.2 Å². The molecule has 0 aliphatic carbocycles. The Hall–Kier alpha value is -5.72. The lowest BCUT2D eigenvalue weighted by Gasteiger charge is -2.10. The molecule has 0 saturated heterocycles. The van der Waals surface area contributed by atoms with Crippen molar-refractivity contribution in [2.24, 2.45) is 10.2 Å². The molecule has 2 N–H and O–H groups in total. The first-order valence-electron chi connectivity index (χ1n) is 14.6. The van der Waals surface area contributed by atoms with Crippen molar-refractivity contribution in [1.82, 2.24) is 10.9 Å². The summed E-state index contributed by atoms with van der Waals surface area (Å²) in [6.07, 6.45) is 3.15. The minimum atomic E-state index is -0.577. The molecule has 252 valence electrons. The monoisotopic (exact) mass is 704 g/mol. The highest BCUT2D eigenvalue weighted by Gasteiger charge is 2.14. The summed E-state index contributed by atoms with van der Waals surface area (Å²) >= 11 is 11.7. The third kappa shape index (κ3) is 11.2. The fraction of sp³-hybridized carbons (Fsp3) is 0.143. The van der Waals surface area contributed by atoms with E-state index in [0.29, 0.717) is 32.3 Å². The van der Waals surface area contributed by atoms with Gasteiger partial charge in [-0.1, -0.05) is 23.2 Å². The van der Waals surface area contributed by atoms with Crippen molar-refractivity contribution < 1.29 is 38.1 Å². The van der Waals surface area contributed by atoms with Crippen molar-refractivity contribution in [1.29, 1.82) is 0 Å². The Balaban J connectivity index is 1.18. The molecule has 2 amide bonds. The maximum atomic E-state index is 12.4. The highest BCUT2D eigenvalue weighted by atomic mass is 35.5. The minimum Gasteiger partial charge on any atom is -0.493 e. The van der Waals surface area contributed by atoms with Gasteiger partial charge < -0.3 is 18.9 Å². The molecule has 0 atom stereocenters. The van der Waals surface area contributed by atoms with E-state index in [1.165, 1.54) is 26.6 Å². The molecule has 0 aliphatic rings. The normalized spacial score (nSPS) is 10.9. The second-order valence-electron chi connectivity index (χ2n) is 10.1. The molecule has 0 heterocycles. The number of amides is 2. The van der Waals surface area contributed by atoms with Crippen LogP contribution in [-0.2, 0) is 9.59 Å². The highest BCUT2D eigenvalue weighted by Crippen LogP contribution is 2.29. The number of carbonyl (C=O) groups excluding carboxylic acids is 4. The second kappa shape index (κ2) is 18.0. The van der Waals surface area contributed by atoms with Gasteiger partial charge in [-0.25, -0.2) is 20.4 Å². The second-order valence-corrected chi connectivity index (χ2v) is 10.9. The molecule has 49 heavy (non-hydrogen) atoms. The number of hydrazone groups is 2. The van der Waals surface area contributed by atoms with Crippen molar-refractivity contribution in [2.75, 3.05) is 14.2 Å². The van der Waals surface area contributed by atoms with Gasteiger partial charge in [0.05, 0.1) is 37.8 Å². The van der Waals surface area contributed by atoms with E-state index >= 15 is 0 Å². The number of ether oxygens (including phenoxy) is 4. The van der Waals surface area contributed by atoms with Gasteiger partial charge in [0.25, 0.3) is 0 Å². The van der Waals surface area contributed by atoms with Crippen molar-refractivity contribution in [2.45, 2.75) is 19.3 Å². The van der Waals surface area contributed by atoms with Gasteiger partial charge in [-0.3, -0.25) is 9.59 Å². The SMILES string of the molecule is COc1cc(C=NNC(=O)CCCC(=O)NN=Cc2ccc(OC(=O)c3ccc(Cl)cc3)c(OC)c2)ccc1OC(=O)c1ccc(Cl)cc1. The summed E-state index contributed by atoms with van der Waals surface area (Å²) in [4.78, 5) is 49.2. The fourth-order valence-electron chi connectivity index (χ4n) is 4.07. The van der Waals surface area contributed by atoms with E-state index in [1.54, 1.807) is 84.9 Å². The van der Waals surface area contributed by atoms with Crippen LogP contribution < -0.4 is 29.8 Å². The molecule has 0 bridgehead atoms. The number of benzene rings is 4. The number of nitrogens with zero attached hydrogens (tertiary/aromatic N) is 2. The zero-order chi connectivity index (χ0) is 35.2. The van der Waals surface area contributed by atoms with Crippen molar-refractivity contribution in [3.63, 3.8) is 0 Å². The summed E-state index contributed by atoms with van der Waals surface area (Å²) in [6.45, 7) is 0. The Morgan fingerprint density at radius 2 is 0.980 bits per heavy atom. The molecule has 0 unspecified atom stereocenters. The van der Waals surface area contributed by atoms with Gasteiger partial charge in [0.15, 0.2) is 23.0 Å². The van der Waals surface area contributed by atoms with Crippen molar-refractivity contribution in [3.8, 4) is 23.0 Å². The van der Waals surface area contributed by atoms with Gasteiger partial charge >= 0.3 is 11.9 Å². The molecule has 0 aliphatic heterocycles. The average Bonchev–Trinajstić information content (AvgIpc) is 3.09. The Labute approximate surface area is 291 Å². The van der Waals surface area contributed by atoms with Gasteiger partial charge in [-0.05, 0) is 102 Å². The van der Waals surface area contributed by atoms with E-state index < -0.39 is 23.8 Å². The summed E-state index contributed by atoms with van der Waals surface area (Å²) < 4.78 is 21.5. The Bertz CT molecular complexity index is 1730. The number of methoxy groups -OCH3 is 2. The Kier molecular flexibility index (Phi) is 13.3. The first kappa shape index (κ1) is 36.1. The predicted octanol–water partition coefficient (Wildman–Crippen LogP) is 6.22. The van der Waals surface area contributed by atoms with Gasteiger partial charge in [0.1, 0.15) is 0 Å². The molecule has 4 rings (SSSR count). The van der Waals surface area contributed by atoms with E-state index in [1.807, 2.05) is 0 Å². The lowest BCUT2D eigenvalue weighted by Crippen LogP contribution is -2.20. The van der Waals surface area contributed by atoms with Gasteiger partial charge in [-0.15, -0.1) is 0 Å². The van der Waals surface area contributed by atoms with E-state index in [-0.39, 0.29) is 42.3 Å². The van der Waals surface area contributed by atoms with Crippen molar-refractivity contribution in [3.05, 3.63) is 117 Å². The number of carbonyl (C=O) groups is 4. The first-order valence-corrected chi connectivity index (χ1v) is 15.4. The molecule has 0 aromatic heterocycles. The summed E-state index contributed by atoms with van der Waals surface area (Å²) in [6, 6.07) is 22.1. The largest absolute Gasteiger partial charge is 0.493 e. The standard InChI is InChI=1S/C35H30Cl2N4O8/c1-46-30-18-22(6-16-28(30)48-34(44)24-8-12-26(36)13-9-24)20-38-40-32(42)4-3-5-33(43)41-39-21-23-7-17-29(31(19-23)47-2)49-35(45)25-10-14-27(37)15-11-25/h6-21H,3-5H2,1-2H3,(H,40,42)(H,41,43). The van der Waals surface area contributed by atoms with Crippen LogP contribution in [0.2, 0.25) is 10.0 Å². The number of halogens is 2. The van der Waals surface area contributed by atoms with Crippen LogP contribution in [0.5, 0.6) is 23.0 Å². The molecular weight excluding hydrogens is 675 g/mol. The number of nitrogens with one attached hydrogen (secondary N) is 2. The van der Waals surface area contributed by atoms with Gasteiger partial charge in [0, 0.05) is 22.9 Å². The molecule has 4 aromatic carbocycles. The highest BCUT2D eigenvalue weighted by molar-refractivity contribution is 6.31. The number of esters is 2. The first-order chi connectivity index (χ1) is 23.6. The molecule has 12 nitrogen and oxygen atoms in total. The van der Waals surface area contributed by atoms with Crippen LogP contribution in [0.3, 0.4) is 0 Å². The minimum absolute atomic E-state index is 0.0464. The molecular formula is C35H30Cl2N4O8. The summed E-state index contributed by atoms with van der Waals surface area (Å²) in [5, 5.41) is 8.86. The van der Waals surface area contributed by atoms with E-state index in [2.05, 4.69) is 21.1 Å². The van der Waals surface area contributed by atoms with Crippen LogP contribution in [-0.4, -0.2) is 50.4 Å². The summed E-state index contributed by atoms with van der Waals surface area (Å²) in [5.74, 6) is -0.945. The number of rotatable bonds is 14. The quantitative estimate of drug-likeness (QED) is 0.0679. The van der Waals surface area contributed by atoms with Crippen LogP contribution in [0.1, 0.15) is 51.1 Å². The van der Waals surface area contributed by atoms with Crippen molar-refractivity contribution >= 4 is 59.4 Å². The zero-order valence-electron chi connectivity index (χ0n) is 26.3. The fourth-order valence-corrected chi connectivity index (χ4v) is 4.32.